The molecule has 230 valence electrons. The zero-order chi connectivity index (χ0) is 31.2. The lowest BCUT2D eigenvalue weighted by Gasteiger charge is -2.60. The molecule has 1 spiro atoms. The Morgan fingerprint density at radius 1 is 1.00 bits per heavy atom. The molecule has 2 saturated heterocycles. The van der Waals surface area contributed by atoms with Crippen molar-refractivity contribution < 1.29 is 49.3 Å². The molecule has 4 saturated carbocycles. The van der Waals surface area contributed by atoms with Gasteiger partial charge in [-0.05, 0) is 55.5 Å². The highest BCUT2D eigenvalue weighted by molar-refractivity contribution is 5.90. The number of hydrogen-bond acceptors (Lipinski definition) is 10. The van der Waals surface area contributed by atoms with Crippen molar-refractivity contribution in [2.24, 2.45) is 16.7 Å². The van der Waals surface area contributed by atoms with Gasteiger partial charge in [-0.1, -0.05) is 45.5 Å². The number of ether oxygens (including phenoxy) is 3. The first-order valence-corrected chi connectivity index (χ1v) is 14.6. The van der Waals surface area contributed by atoms with Gasteiger partial charge in [-0.15, -0.1) is 0 Å². The first kappa shape index (κ1) is 28.7. The van der Waals surface area contributed by atoms with Crippen LogP contribution in [0.15, 0.2) is 60.8 Å². The smallest absolute Gasteiger partial charge is 0.355 e. The molecule has 8 rings (SSSR count). The summed E-state index contributed by atoms with van der Waals surface area (Å²) in [7, 11) is 0. The van der Waals surface area contributed by atoms with Crippen LogP contribution >= 0.6 is 0 Å². The average molecular weight is 596 g/mol. The van der Waals surface area contributed by atoms with Crippen molar-refractivity contribution in [1.29, 1.82) is 0 Å². The summed E-state index contributed by atoms with van der Waals surface area (Å²) in [4.78, 5) is 29.7. The molecular formula is C32H37NO10. The van der Waals surface area contributed by atoms with E-state index in [1.165, 1.54) is 38.2 Å². The van der Waals surface area contributed by atoms with Crippen LogP contribution in [0.3, 0.4) is 0 Å². The van der Waals surface area contributed by atoms with Crippen LogP contribution in [0.4, 0.5) is 0 Å². The molecular weight excluding hydrogens is 558 g/mol. The van der Waals surface area contributed by atoms with Crippen LogP contribution in [0.1, 0.15) is 67.8 Å². The Labute approximate surface area is 248 Å². The summed E-state index contributed by atoms with van der Waals surface area (Å²) in [5.74, 6) is -4.94. The number of rotatable bonds is 5. The van der Waals surface area contributed by atoms with Gasteiger partial charge in [-0.25, -0.2) is 9.59 Å². The third-order valence-corrected chi connectivity index (χ3v) is 12.2. The molecule has 6 bridgehead atoms. The normalized spacial score (nSPS) is 48.9. The first-order valence-electron chi connectivity index (χ1n) is 14.6. The first-order chi connectivity index (χ1) is 20.0. The summed E-state index contributed by atoms with van der Waals surface area (Å²) in [6.45, 7) is 10.2. The number of aromatic amines is 1. The summed E-state index contributed by atoms with van der Waals surface area (Å²) in [5.41, 5.74) is -15.8. The van der Waals surface area contributed by atoms with Crippen LogP contribution in [-0.4, -0.2) is 88.5 Å². The van der Waals surface area contributed by atoms with Crippen molar-refractivity contribution in [2.45, 2.75) is 93.0 Å². The lowest BCUT2D eigenvalue weighted by atomic mass is 9.52. The Balaban J connectivity index is 1.50. The summed E-state index contributed by atoms with van der Waals surface area (Å²) < 4.78 is 18.4. The lowest BCUT2D eigenvalue weighted by Crippen LogP contribution is -2.74. The van der Waals surface area contributed by atoms with Crippen LogP contribution in [0.2, 0.25) is 0 Å². The fourth-order valence-electron chi connectivity index (χ4n) is 10.2. The standard InChI is InChI=1S/C32H37NO10/c1-17(2)29(38)24(42-23(35)20-12-9-15-33-20)30(39)25(4)16-28(37)26(29,5)32(30,40)31(43-28)21(18(3)13-14-27(25,31)36)41-22(34)19-10-7-6-8-11-19/h6-12,15,17,21,24,33,36-40H,3,13-14,16H2,1-2,4-5H3/t21-,24-,25+,26-,27+,28+,29-,30-,31-,32-/m1/s1. The quantitative estimate of drug-likeness (QED) is 0.220. The molecule has 2 aliphatic heterocycles. The topological polar surface area (TPSA) is 179 Å². The summed E-state index contributed by atoms with van der Waals surface area (Å²) >= 11 is 0. The fraction of sp³-hybridized carbons (Fsp3) is 0.562. The SMILES string of the molecule is C=C1CC[C@]2(O)[C@]3(C)C[C@]4(O)O[C@@]2([C@@H]1OC(=O)c1ccccc1)[C@]1(O)[C@@]3(O)[C@H](OC(=O)c2ccc[nH]2)[C@](O)(C(C)C)[C@]14C. The van der Waals surface area contributed by atoms with E-state index in [9.17, 15) is 35.1 Å². The second-order valence-electron chi connectivity index (χ2n) is 13.8. The van der Waals surface area contributed by atoms with Crippen molar-refractivity contribution in [3.63, 3.8) is 0 Å². The molecule has 3 heterocycles. The minimum atomic E-state index is -2.74. The highest BCUT2D eigenvalue weighted by Crippen LogP contribution is 2.90. The Bertz CT molecular complexity index is 1560. The molecule has 11 heteroatoms. The second kappa shape index (κ2) is 7.96. The van der Waals surface area contributed by atoms with E-state index in [2.05, 4.69) is 11.6 Å². The Morgan fingerprint density at radius 3 is 2.28 bits per heavy atom. The van der Waals surface area contributed by atoms with E-state index >= 15 is 0 Å². The molecule has 6 aliphatic rings. The van der Waals surface area contributed by atoms with Gasteiger partial charge >= 0.3 is 11.9 Å². The Hall–Kier alpha value is -3.06. The number of hydrogen-bond donors (Lipinski definition) is 6. The zero-order valence-corrected chi connectivity index (χ0v) is 24.5. The van der Waals surface area contributed by atoms with Crippen LogP contribution in [-0.2, 0) is 14.2 Å². The number of carbonyl (C=O) groups excluding carboxylic acids is 2. The third-order valence-electron chi connectivity index (χ3n) is 12.2. The van der Waals surface area contributed by atoms with E-state index in [0.29, 0.717) is 0 Å². The van der Waals surface area contributed by atoms with Crippen LogP contribution < -0.4 is 0 Å². The van der Waals surface area contributed by atoms with Gasteiger partial charge in [0.2, 0.25) is 0 Å². The van der Waals surface area contributed by atoms with Crippen LogP contribution in [0.5, 0.6) is 0 Å². The zero-order valence-electron chi connectivity index (χ0n) is 24.5. The molecule has 11 nitrogen and oxygen atoms in total. The number of H-pyrrole nitrogens is 1. The van der Waals surface area contributed by atoms with Crippen molar-refractivity contribution in [3.05, 3.63) is 72.1 Å². The van der Waals surface area contributed by atoms with Crippen LogP contribution in [0.25, 0.3) is 0 Å². The molecule has 43 heavy (non-hydrogen) atoms. The van der Waals surface area contributed by atoms with Crippen molar-refractivity contribution in [2.75, 3.05) is 0 Å². The maximum Gasteiger partial charge on any atom is 0.355 e. The predicted octanol–water partition coefficient (Wildman–Crippen LogP) is 1.60. The van der Waals surface area contributed by atoms with Crippen molar-refractivity contribution in [1.82, 2.24) is 4.98 Å². The maximum atomic E-state index is 13.5. The van der Waals surface area contributed by atoms with Gasteiger partial charge in [0.15, 0.2) is 23.6 Å². The number of nitrogens with one attached hydrogen (secondary N) is 1. The van der Waals surface area contributed by atoms with E-state index in [-0.39, 0.29) is 29.7 Å². The second-order valence-corrected chi connectivity index (χ2v) is 13.8. The minimum absolute atomic E-state index is 0.0308. The van der Waals surface area contributed by atoms with Gasteiger partial charge in [0.1, 0.15) is 28.1 Å². The molecule has 6 fully saturated rings. The highest BCUT2D eigenvalue weighted by Gasteiger charge is 3.10. The van der Waals surface area contributed by atoms with E-state index in [1.54, 1.807) is 38.1 Å². The summed E-state index contributed by atoms with van der Waals surface area (Å²) in [6.07, 6.45) is -2.31. The van der Waals surface area contributed by atoms with Crippen molar-refractivity contribution in [3.8, 4) is 0 Å². The molecule has 1 aromatic carbocycles. The molecule has 2 aromatic rings. The molecule has 4 aliphatic carbocycles. The van der Waals surface area contributed by atoms with E-state index in [4.69, 9.17) is 14.2 Å². The van der Waals surface area contributed by atoms with Gasteiger partial charge in [0, 0.05) is 18.0 Å². The number of benzene rings is 1. The number of carbonyl (C=O) groups is 2. The molecule has 1 aromatic heterocycles. The number of aromatic nitrogens is 1. The monoisotopic (exact) mass is 595 g/mol. The van der Waals surface area contributed by atoms with E-state index < -0.39 is 81.1 Å². The summed E-state index contributed by atoms with van der Waals surface area (Å²) in [5, 5.41) is 64.5. The Kier molecular flexibility index (Phi) is 5.31. The summed E-state index contributed by atoms with van der Waals surface area (Å²) in [6, 6.07) is 11.1. The average Bonchev–Trinajstić information content (AvgIpc) is 3.59. The molecule has 0 radical (unpaired) electrons. The van der Waals surface area contributed by atoms with E-state index in [1.807, 2.05) is 0 Å². The van der Waals surface area contributed by atoms with Gasteiger partial charge in [-0.2, -0.15) is 0 Å². The van der Waals surface area contributed by atoms with Gasteiger partial charge in [0.05, 0.1) is 11.0 Å². The largest absolute Gasteiger partial charge is 0.451 e. The third kappa shape index (κ3) is 2.49. The molecule has 0 unspecified atom stereocenters. The number of esters is 2. The van der Waals surface area contributed by atoms with Crippen LogP contribution in [0, 0.1) is 16.7 Å². The van der Waals surface area contributed by atoms with Gasteiger partial charge in [0.25, 0.3) is 0 Å². The molecule has 6 N–H and O–H groups in total. The van der Waals surface area contributed by atoms with Gasteiger partial charge < -0.3 is 44.7 Å². The maximum absolute atomic E-state index is 13.5. The molecule has 10 atom stereocenters. The predicted molar refractivity (Wildman–Crippen MR) is 148 cm³/mol. The Morgan fingerprint density at radius 2 is 1.67 bits per heavy atom. The van der Waals surface area contributed by atoms with Crippen molar-refractivity contribution >= 4 is 11.9 Å². The molecule has 0 amide bonds. The number of aliphatic hydroxyl groups is 5. The van der Waals surface area contributed by atoms with Gasteiger partial charge in [-0.3, -0.25) is 0 Å². The lowest BCUT2D eigenvalue weighted by molar-refractivity contribution is -0.382. The highest BCUT2D eigenvalue weighted by atomic mass is 16.7. The minimum Gasteiger partial charge on any atom is -0.451 e. The fourth-order valence-corrected chi connectivity index (χ4v) is 10.2. The van der Waals surface area contributed by atoms with E-state index in [0.717, 1.165) is 0 Å².